The van der Waals surface area contributed by atoms with Gasteiger partial charge in [-0.25, -0.2) is 0 Å². The molecule has 0 spiro atoms. The highest BCUT2D eigenvalue weighted by molar-refractivity contribution is 5.87. The highest BCUT2D eigenvalue weighted by Gasteiger charge is 2.23. The maximum atomic E-state index is 12.0. The number of hydrogen-bond donors (Lipinski definition) is 3. The second-order valence-corrected chi connectivity index (χ2v) is 4.58. The summed E-state index contributed by atoms with van der Waals surface area (Å²) in [5, 5.41) is 8.49. The van der Waals surface area contributed by atoms with Crippen LogP contribution in [0.1, 0.15) is 18.1 Å². The van der Waals surface area contributed by atoms with E-state index in [1.165, 1.54) is 11.1 Å². The summed E-state index contributed by atoms with van der Waals surface area (Å²) in [7, 11) is 0. The van der Waals surface area contributed by atoms with Gasteiger partial charge in [0.2, 0.25) is 11.8 Å². The van der Waals surface area contributed by atoms with E-state index in [2.05, 4.69) is 22.0 Å². The lowest BCUT2D eigenvalue weighted by atomic mass is 9.95. The van der Waals surface area contributed by atoms with Crippen LogP contribution >= 0.6 is 0 Å². The summed E-state index contributed by atoms with van der Waals surface area (Å²) in [5.41, 5.74) is 2.43. The van der Waals surface area contributed by atoms with E-state index in [4.69, 9.17) is 0 Å². The van der Waals surface area contributed by atoms with Crippen molar-refractivity contribution in [1.29, 1.82) is 0 Å². The minimum Gasteiger partial charge on any atom is -0.355 e. The number of benzene rings is 1. The minimum atomic E-state index is -0.260. The average Bonchev–Trinajstić information content (AvgIpc) is 2.44. The normalized spacial score (nSPS) is 17.4. The van der Waals surface area contributed by atoms with Crippen LogP contribution < -0.4 is 16.0 Å². The maximum absolute atomic E-state index is 12.0. The first kappa shape index (κ1) is 13.5. The smallest absolute Gasteiger partial charge is 0.239 e. The summed E-state index contributed by atoms with van der Waals surface area (Å²) < 4.78 is 0. The van der Waals surface area contributed by atoms with E-state index in [0.717, 1.165) is 0 Å². The molecule has 1 aliphatic heterocycles. The molecule has 1 aromatic rings. The SMILES string of the molecule is CCNC(=O)CNC(=O)[C@H]1Cc2ccccc2CN1. The Morgan fingerprint density at radius 3 is 2.74 bits per heavy atom. The number of carbonyl (C=O) groups excluding carboxylic acids is 2. The Kier molecular flexibility index (Phi) is 4.52. The number of amides is 2. The fraction of sp³-hybridized carbons (Fsp3) is 0.429. The molecule has 19 heavy (non-hydrogen) atoms. The lowest BCUT2D eigenvalue weighted by Gasteiger charge is -2.25. The number of nitrogens with one attached hydrogen (secondary N) is 3. The van der Waals surface area contributed by atoms with Gasteiger partial charge in [-0.15, -0.1) is 0 Å². The molecule has 0 aliphatic carbocycles. The van der Waals surface area contributed by atoms with E-state index in [9.17, 15) is 9.59 Å². The lowest BCUT2D eigenvalue weighted by molar-refractivity contribution is -0.127. The topological polar surface area (TPSA) is 70.2 Å². The Labute approximate surface area is 112 Å². The second kappa shape index (κ2) is 6.33. The first-order valence-corrected chi connectivity index (χ1v) is 6.55. The Morgan fingerprint density at radius 2 is 2.00 bits per heavy atom. The van der Waals surface area contributed by atoms with Gasteiger partial charge in [0, 0.05) is 13.1 Å². The molecule has 0 saturated heterocycles. The summed E-state index contributed by atoms with van der Waals surface area (Å²) in [6.45, 7) is 3.14. The predicted molar refractivity (Wildman–Crippen MR) is 72.5 cm³/mol. The third-order valence-electron chi connectivity index (χ3n) is 3.19. The Balaban J connectivity index is 1.87. The minimum absolute atomic E-state index is 0.0342. The molecule has 102 valence electrons. The first-order chi connectivity index (χ1) is 9.20. The molecule has 0 radical (unpaired) electrons. The maximum Gasteiger partial charge on any atom is 0.239 e. The zero-order valence-corrected chi connectivity index (χ0v) is 11.0. The van der Waals surface area contributed by atoms with Gasteiger partial charge in [0.15, 0.2) is 0 Å². The van der Waals surface area contributed by atoms with Gasteiger partial charge in [0.25, 0.3) is 0 Å². The molecule has 1 heterocycles. The van der Waals surface area contributed by atoms with Crippen molar-refractivity contribution in [2.24, 2.45) is 0 Å². The van der Waals surface area contributed by atoms with Crippen LogP contribution in [-0.4, -0.2) is 30.9 Å². The molecule has 2 rings (SSSR count). The van der Waals surface area contributed by atoms with Crippen molar-refractivity contribution in [2.45, 2.75) is 25.9 Å². The van der Waals surface area contributed by atoms with E-state index in [1.807, 2.05) is 25.1 Å². The number of fused-ring (bicyclic) bond motifs is 1. The summed E-state index contributed by atoms with van der Waals surface area (Å²) >= 11 is 0. The quantitative estimate of drug-likeness (QED) is 0.712. The van der Waals surface area contributed by atoms with Gasteiger partial charge in [-0.3, -0.25) is 9.59 Å². The molecule has 5 heteroatoms. The second-order valence-electron chi connectivity index (χ2n) is 4.58. The molecule has 0 aromatic heterocycles. The van der Waals surface area contributed by atoms with Crippen molar-refractivity contribution in [3.8, 4) is 0 Å². The summed E-state index contributed by atoms with van der Waals surface area (Å²) in [5.74, 6) is -0.284. The third-order valence-corrected chi connectivity index (χ3v) is 3.19. The summed E-state index contributed by atoms with van der Waals surface area (Å²) in [6.07, 6.45) is 0.664. The molecular weight excluding hydrogens is 242 g/mol. The molecule has 3 N–H and O–H groups in total. The van der Waals surface area contributed by atoms with Crippen molar-refractivity contribution in [2.75, 3.05) is 13.1 Å². The van der Waals surface area contributed by atoms with E-state index in [1.54, 1.807) is 0 Å². The predicted octanol–water partition coefficient (Wildman–Crippen LogP) is -0.0468. The molecule has 1 atom stereocenters. The van der Waals surface area contributed by atoms with E-state index < -0.39 is 0 Å². The van der Waals surface area contributed by atoms with Crippen molar-refractivity contribution >= 4 is 11.8 Å². The fourth-order valence-corrected chi connectivity index (χ4v) is 2.19. The van der Waals surface area contributed by atoms with Crippen LogP contribution in [0.4, 0.5) is 0 Å². The van der Waals surface area contributed by atoms with Crippen molar-refractivity contribution in [3.63, 3.8) is 0 Å². The number of carbonyl (C=O) groups is 2. The molecule has 5 nitrogen and oxygen atoms in total. The number of hydrogen-bond acceptors (Lipinski definition) is 3. The molecule has 0 fully saturated rings. The molecule has 1 aliphatic rings. The van der Waals surface area contributed by atoms with Crippen molar-refractivity contribution in [1.82, 2.24) is 16.0 Å². The van der Waals surface area contributed by atoms with Crippen LogP contribution in [0, 0.1) is 0 Å². The van der Waals surface area contributed by atoms with Crippen LogP contribution in [0.2, 0.25) is 0 Å². The van der Waals surface area contributed by atoms with E-state index >= 15 is 0 Å². The van der Waals surface area contributed by atoms with Crippen LogP contribution in [0.3, 0.4) is 0 Å². The largest absolute Gasteiger partial charge is 0.355 e. The monoisotopic (exact) mass is 261 g/mol. The summed E-state index contributed by atoms with van der Waals surface area (Å²) in [6, 6.07) is 7.82. The standard InChI is InChI=1S/C14H19N3O2/c1-2-15-13(18)9-17-14(19)12-7-10-5-3-4-6-11(10)8-16-12/h3-6,12,16H,2,7-9H2,1H3,(H,15,18)(H,17,19)/t12-/m1/s1. The first-order valence-electron chi connectivity index (χ1n) is 6.55. The fourth-order valence-electron chi connectivity index (χ4n) is 2.19. The Bertz CT molecular complexity index is 474. The number of likely N-dealkylation sites (N-methyl/N-ethyl adjacent to an activating group) is 1. The van der Waals surface area contributed by atoms with E-state index in [-0.39, 0.29) is 24.4 Å². The van der Waals surface area contributed by atoms with Crippen LogP contribution in [0.15, 0.2) is 24.3 Å². The van der Waals surface area contributed by atoms with Crippen LogP contribution in [0.5, 0.6) is 0 Å². The van der Waals surface area contributed by atoms with Gasteiger partial charge < -0.3 is 16.0 Å². The Morgan fingerprint density at radius 1 is 1.26 bits per heavy atom. The molecular formula is C14H19N3O2. The Hall–Kier alpha value is -1.88. The van der Waals surface area contributed by atoms with Crippen molar-refractivity contribution < 1.29 is 9.59 Å². The van der Waals surface area contributed by atoms with Gasteiger partial charge in [-0.2, -0.15) is 0 Å². The highest BCUT2D eigenvalue weighted by Crippen LogP contribution is 2.16. The van der Waals surface area contributed by atoms with Gasteiger partial charge in [0.1, 0.15) is 0 Å². The summed E-state index contributed by atoms with van der Waals surface area (Å²) in [4.78, 5) is 23.2. The zero-order chi connectivity index (χ0) is 13.7. The van der Waals surface area contributed by atoms with Crippen LogP contribution in [-0.2, 0) is 22.6 Å². The molecule has 0 unspecified atom stereocenters. The lowest BCUT2D eigenvalue weighted by Crippen LogP contribution is -2.49. The number of rotatable bonds is 4. The van der Waals surface area contributed by atoms with Crippen molar-refractivity contribution in [3.05, 3.63) is 35.4 Å². The van der Waals surface area contributed by atoms with E-state index in [0.29, 0.717) is 19.5 Å². The average molecular weight is 261 g/mol. The molecule has 1 aromatic carbocycles. The molecule has 0 bridgehead atoms. The van der Waals surface area contributed by atoms with Gasteiger partial charge in [0.05, 0.1) is 12.6 Å². The van der Waals surface area contributed by atoms with Gasteiger partial charge >= 0.3 is 0 Å². The zero-order valence-electron chi connectivity index (χ0n) is 11.0. The highest BCUT2D eigenvalue weighted by atomic mass is 16.2. The van der Waals surface area contributed by atoms with Crippen LogP contribution in [0.25, 0.3) is 0 Å². The van der Waals surface area contributed by atoms with Gasteiger partial charge in [-0.1, -0.05) is 24.3 Å². The third kappa shape index (κ3) is 3.54. The molecule has 0 saturated carbocycles. The molecule has 2 amide bonds. The van der Waals surface area contributed by atoms with Gasteiger partial charge in [-0.05, 0) is 24.5 Å².